The van der Waals surface area contributed by atoms with Crippen LogP contribution in [-0.4, -0.2) is 11.0 Å². The Bertz CT molecular complexity index is 159. The van der Waals surface area contributed by atoms with Gasteiger partial charge < -0.3 is 10.9 Å². The van der Waals surface area contributed by atoms with Crippen LogP contribution in [0.5, 0.6) is 0 Å². The average molecular weight is 156 g/mol. The minimum atomic E-state index is 0.302. The van der Waals surface area contributed by atoms with Crippen LogP contribution in [0.2, 0.25) is 0 Å². The van der Waals surface area contributed by atoms with E-state index in [4.69, 9.17) is 10.9 Å². The van der Waals surface area contributed by atoms with Crippen molar-refractivity contribution in [2.24, 2.45) is 16.3 Å². The first-order chi connectivity index (χ1) is 5.16. The van der Waals surface area contributed by atoms with Crippen molar-refractivity contribution in [2.75, 3.05) is 0 Å². The van der Waals surface area contributed by atoms with Gasteiger partial charge in [0, 0.05) is 6.42 Å². The third-order valence-corrected chi connectivity index (χ3v) is 2.55. The van der Waals surface area contributed by atoms with Gasteiger partial charge in [0.1, 0.15) is 5.84 Å². The van der Waals surface area contributed by atoms with Crippen LogP contribution in [0.15, 0.2) is 5.16 Å². The smallest absolute Gasteiger partial charge is 0.139 e. The lowest BCUT2D eigenvalue weighted by Gasteiger charge is -2.21. The molecule has 1 saturated carbocycles. The zero-order valence-corrected chi connectivity index (χ0v) is 7.01. The van der Waals surface area contributed by atoms with E-state index in [1.54, 1.807) is 0 Å². The summed E-state index contributed by atoms with van der Waals surface area (Å²) in [6.07, 6.45) is 5.74. The molecule has 0 bridgehead atoms. The zero-order chi connectivity index (χ0) is 8.32. The molecule has 0 spiro atoms. The van der Waals surface area contributed by atoms with Crippen molar-refractivity contribution in [1.82, 2.24) is 0 Å². The maximum absolute atomic E-state index is 8.37. The maximum atomic E-state index is 8.37. The molecule has 3 heteroatoms. The van der Waals surface area contributed by atoms with E-state index >= 15 is 0 Å². The van der Waals surface area contributed by atoms with Gasteiger partial charge in [0.15, 0.2) is 0 Å². The Kier molecular flexibility index (Phi) is 2.37. The van der Waals surface area contributed by atoms with E-state index in [0.717, 1.165) is 6.42 Å². The van der Waals surface area contributed by atoms with Crippen LogP contribution in [0.4, 0.5) is 0 Å². The fourth-order valence-electron chi connectivity index (χ4n) is 1.88. The molecule has 0 saturated heterocycles. The fourth-order valence-corrected chi connectivity index (χ4v) is 1.88. The Hall–Kier alpha value is -0.730. The molecule has 0 aliphatic heterocycles. The summed E-state index contributed by atoms with van der Waals surface area (Å²) >= 11 is 0. The number of nitrogens with two attached hydrogens (primary N) is 1. The molecule has 0 atom stereocenters. The minimum absolute atomic E-state index is 0.302. The van der Waals surface area contributed by atoms with Gasteiger partial charge in [-0.1, -0.05) is 24.9 Å². The van der Waals surface area contributed by atoms with Crippen molar-refractivity contribution in [1.29, 1.82) is 0 Å². The molecule has 0 amide bonds. The highest BCUT2D eigenvalue weighted by molar-refractivity contribution is 5.80. The van der Waals surface area contributed by atoms with E-state index in [9.17, 15) is 0 Å². The summed E-state index contributed by atoms with van der Waals surface area (Å²) in [6.45, 7) is 2.21. The van der Waals surface area contributed by atoms with Crippen LogP contribution in [-0.2, 0) is 0 Å². The Balaban J connectivity index is 2.46. The monoisotopic (exact) mass is 156 g/mol. The SMILES string of the molecule is CC1(C/C(N)=N/O)CCCC1. The molecule has 64 valence electrons. The summed E-state index contributed by atoms with van der Waals surface area (Å²) < 4.78 is 0. The Morgan fingerprint density at radius 1 is 1.55 bits per heavy atom. The maximum Gasteiger partial charge on any atom is 0.139 e. The summed E-state index contributed by atoms with van der Waals surface area (Å²) in [5, 5.41) is 11.4. The normalized spacial score (nSPS) is 23.9. The van der Waals surface area contributed by atoms with Gasteiger partial charge in [-0.3, -0.25) is 0 Å². The first-order valence-corrected chi connectivity index (χ1v) is 4.13. The van der Waals surface area contributed by atoms with Crippen molar-refractivity contribution in [3.05, 3.63) is 0 Å². The second-order valence-electron chi connectivity index (χ2n) is 3.79. The Labute approximate surface area is 67.3 Å². The van der Waals surface area contributed by atoms with Crippen molar-refractivity contribution in [3.63, 3.8) is 0 Å². The van der Waals surface area contributed by atoms with E-state index in [-0.39, 0.29) is 0 Å². The number of rotatable bonds is 2. The van der Waals surface area contributed by atoms with Crippen molar-refractivity contribution in [3.8, 4) is 0 Å². The molecular weight excluding hydrogens is 140 g/mol. The number of nitrogens with zero attached hydrogens (tertiary/aromatic N) is 1. The van der Waals surface area contributed by atoms with E-state index in [2.05, 4.69) is 12.1 Å². The number of amidine groups is 1. The van der Waals surface area contributed by atoms with Crippen LogP contribution in [0.3, 0.4) is 0 Å². The van der Waals surface area contributed by atoms with Gasteiger partial charge in [-0.05, 0) is 18.3 Å². The molecule has 11 heavy (non-hydrogen) atoms. The molecule has 0 aromatic heterocycles. The minimum Gasteiger partial charge on any atom is -0.409 e. The molecule has 1 aliphatic rings. The van der Waals surface area contributed by atoms with E-state index in [0.29, 0.717) is 11.3 Å². The molecule has 3 nitrogen and oxygen atoms in total. The standard InChI is InChI=1S/C8H16N2O/c1-8(4-2-3-5-8)6-7(9)10-11/h11H,2-6H2,1H3,(H2,9,10). The van der Waals surface area contributed by atoms with Gasteiger partial charge in [-0.25, -0.2) is 0 Å². The summed E-state index contributed by atoms with van der Waals surface area (Å²) in [5.41, 5.74) is 5.74. The van der Waals surface area contributed by atoms with E-state index in [1.165, 1.54) is 25.7 Å². The summed E-state index contributed by atoms with van der Waals surface area (Å²) in [7, 11) is 0. The molecule has 1 aliphatic carbocycles. The van der Waals surface area contributed by atoms with E-state index in [1.807, 2.05) is 0 Å². The first-order valence-electron chi connectivity index (χ1n) is 4.13. The van der Waals surface area contributed by atoms with Gasteiger partial charge in [-0.2, -0.15) is 0 Å². The third kappa shape index (κ3) is 2.10. The summed E-state index contributed by atoms with van der Waals surface area (Å²) in [6, 6.07) is 0. The van der Waals surface area contributed by atoms with Crippen LogP contribution in [0.25, 0.3) is 0 Å². The van der Waals surface area contributed by atoms with Crippen LogP contribution >= 0.6 is 0 Å². The van der Waals surface area contributed by atoms with Gasteiger partial charge in [0.05, 0.1) is 0 Å². The molecule has 0 radical (unpaired) electrons. The van der Waals surface area contributed by atoms with Crippen molar-refractivity contribution < 1.29 is 5.21 Å². The number of hydrogen-bond acceptors (Lipinski definition) is 2. The second-order valence-corrected chi connectivity index (χ2v) is 3.79. The topological polar surface area (TPSA) is 58.6 Å². The van der Waals surface area contributed by atoms with Crippen molar-refractivity contribution >= 4 is 5.84 Å². The Morgan fingerprint density at radius 3 is 2.55 bits per heavy atom. The molecule has 1 fully saturated rings. The number of oxime groups is 1. The number of hydrogen-bond donors (Lipinski definition) is 2. The fraction of sp³-hybridized carbons (Fsp3) is 0.875. The van der Waals surface area contributed by atoms with Gasteiger partial charge in [0.25, 0.3) is 0 Å². The third-order valence-electron chi connectivity index (χ3n) is 2.55. The quantitative estimate of drug-likeness (QED) is 0.277. The lowest BCUT2D eigenvalue weighted by Crippen LogP contribution is -2.22. The lowest BCUT2D eigenvalue weighted by molar-refractivity contribution is 0.304. The van der Waals surface area contributed by atoms with Crippen LogP contribution in [0.1, 0.15) is 39.0 Å². The highest BCUT2D eigenvalue weighted by Crippen LogP contribution is 2.40. The van der Waals surface area contributed by atoms with Crippen LogP contribution in [0, 0.1) is 5.41 Å². The summed E-state index contributed by atoms with van der Waals surface area (Å²) in [5.74, 6) is 0.370. The average Bonchev–Trinajstić information content (AvgIpc) is 2.36. The molecule has 0 aromatic rings. The highest BCUT2D eigenvalue weighted by Gasteiger charge is 2.29. The first kappa shape index (κ1) is 8.37. The molecule has 0 heterocycles. The highest BCUT2D eigenvalue weighted by atomic mass is 16.4. The van der Waals surface area contributed by atoms with Gasteiger partial charge >= 0.3 is 0 Å². The van der Waals surface area contributed by atoms with E-state index < -0.39 is 0 Å². The predicted molar refractivity (Wildman–Crippen MR) is 44.6 cm³/mol. The molecular formula is C8H16N2O. The summed E-state index contributed by atoms with van der Waals surface area (Å²) in [4.78, 5) is 0. The molecule has 3 N–H and O–H groups in total. The Morgan fingerprint density at radius 2 is 2.09 bits per heavy atom. The van der Waals surface area contributed by atoms with Crippen LogP contribution < -0.4 is 5.73 Å². The van der Waals surface area contributed by atoms with Gasteiger partial charge in [-0.15, -0.1) is 0 Å². The van der Waals surface area contributed by atoms with Crippen molar-refractivity contribution in [2.45, 2.75) is 39.0 Å². The molecule has 1 rings (SSSR count). The second kappa shape index (κ2) is 3.11. The molecule has 0 aromatic carbocycles. The lowest BCUT2D eigenvalue weighted by atomic mass is 9.85. The zero-order valence-electron chi connectivity index (χ0n) is 7.01. The van der Waals surface area contributed by atoms with Gasteiger partial charge in [0.2, 0.25) is 0 Å². The predicted octanol–water partition coefficient (Wildman–Crippen LogP) is 1.70. The largest absolute Gasteiger partial charge is 0.409 e. The molecule has 0 unspecified atom stereocenters.